The number of nitrogens with zero attached hydrogens (tertiary/aromatic N) is 2. The monoisotopic (exact) mass is 228 g/mol. The first-order valence-corrected chi connectivity index (χ1v) is 5.87. The predicted octanol–water partition coefficient (Wildman–Crippen LogP) is 2.01. The van der Waals surface area contributed by atoms with E-state index in [-0.39, 0.29) is 11.5 Å². The molecule has 1 rings (SSSR count). The van der Waals surface area contributed by atoms with Crippen molar-refractivity contribution in [3.8, 4) is 0 Å². The van der Waals surface area contributed by atoms with Gasteiger partial charge in [0.1, 0.15) is 6.73 Å². The number of ether oxygens (including phenoxy) is 1. The smallest absolute Gasteiger partial charge is 0.411 e. The lowest BCUT2D eigenvalue weighted by atomic mass is 9.80. The van der Waals surface area contributed by atoms with E-state index in [0.717, 1.165) is 19.5 Å². The van der Waals surface area contributed by atoms with Crippen LogP contribution in [0.25, 0.3) is 0 Å². The molecule has 1 amide bonds. The molecule has 0 radical (unpaired) electrons. The summed E-state index contributed by atoms with van der Waals surface area (Å²) in [6.45, 7) is 8.70. The summed E-state index contributed by atoms with van der Waals surface area (Å²) in [4.78, 5) is 15.4. The standard InChI is InChI=1S/C12H24N2O2/c1-12(2,3)10-6-7-14(8-10)11(15)16-9-13(4)5/h10H,6-9H2,1-5H3. The fraction of sp³-hybridized carbons (Fsp3) is 0.917. The third kappa shape index (κ3) is 3.67. The Kier molecular flexibility index (Phi) is 4.19. The maximum absolute atomic E-state index is 11.7. The second-order valence-corrected chi connectivity index (χ2v) is 5.92. The van der Waals surface area contributed by atoms with E-state index in [1.165, 1.54) is 0 Å². The molecule has 0 spiro atoms. The number of hydrogen-bond acceptors (Lipinski definition) is 3. The molecule has 1 saturated heterocycles. The van der Waals surface area contributed by atoms with Crippen molar-refractivity contribution < 1.29 is 9.53 Å². The highest BCUT2D eigenvalue weighted by Crippen LogP contribution is 2.33. The molecule has 0 aromatic rings. The van der Waals surface area contributed by atoms with Crippen LogP contribution in [-0.2, 0) is 4.74 Å². The summed E-state index contributed by atoms with van der Waals surface area (Å²) >= 11 is 0. The minimum atomic E-state index is -0.180. The third-order valence-corrected chi connectivity index (χ3v) is 3.12. The van der Waals surface area contributed by atoms with E-state index in [1.54, 1.807) is 0 Å². The molecule has 0 aromatic heterocycles. The van der Waals surface area contributed by atoms with Gasteiger partial charge >= 0.3 is 6.09 Å². The first-order chi connectivity index (χ1) is 7.30. The molecule has 1 aliphatic heterocycles. The zero-order chi connectivity index (χ0) is 12.3. The molecule has 0 aromatic carbocycles. The molecular formula is C12H24N2O2. The molecule has 94 valence electrons. The summed E-state index contributed by atoms with van der Waals surface area (Å²) in [6, 6.07) is 0. The zero-order valence-corrected chi connectivity index (χ0v) is 11.1. The largest absolute Gasteiger partial charge is 0.433 e. The summed E-state index contributed by atoms with van der Waals surface area (Å²) < 4.78 is 5.16. The Hall–Kier alpha value is -0.770. The molecule has 1 fully saturated rings. The highest BCUT2D eigenvalue weighted by molar-refractivity contribution is 5.67. The maximum atomic E-state index is 11.7. The van der Waals surface area contributed by atoms with Crippen molar-refractivity contribution in [1.29, 1.82) is 0 Å². The quantitative estimate of drug-likeness (QED) is 0.678. The van der Waals surface area contributed by atoms with E-state index in [4.69, 9.17) is 4.74 Å². The van der Waals surface area contributed by atoms with Gasteiger partial charge in [0.25, 0.3) is 0 Å². The van der Waals surface area contributed by atoms with Crippen molar-refractivity contribution in [2.45, 2.75) is 27.2 Å². The number of amides is 1. The summed E-state index contributed by atoms with van der Waals surface area (Å²) in [5.74, 6) is 0.583. The van der Waals surface area contributed by atoms with Crippen LogP contribution in [0, 0.1) is 11.3 Å². The Morgan fingerprint density at radius 3 is 2.50 bits per heavy atom. The van der Waals surface area contributed by atoms with Gasteiger partial charge in [0.2, 0.25) is 0 Å². The number of carbonyl (C=O) groups excluding carboxylic acids is 1. The Morgan fingerprint density at radius 2 is 2.06 bits per heavy atom. The van der Waals surface area contributed by atoms with Crippen LogP contribution in [0.4, 0.5) is 4.79 Å². The van der Waals surface area contributed by atoms with Gasteiger partial charge in [-0.25, -0.2) is 4.79 Å². The summed E-state index contributed by atoms with van der Waals surface area (Å²) in [5, 5.41) is 0. The molecule has 4 heteroatoms. The van der Waals surface area contributed by atoms with Crippen LogP contribution in [0.15, 0.2) is 0 Å². The maximum Gasteiger partial charge on any atom is 0.411 e. The predicted molar refractivity (Wildman–Crippen MR) is 64.2 cm³/mol. The van der Waals surface area contributed by atoms with Crippen LogP contribution in [0.2, 0.25) is 0 Å². The van der Waals surface area contributed by atoms with Crippen LogP contribution >= 0.6 is 0 Å². The molecule has 4 nitrogen and oxygen atoms in total. The van der Waals surface area contributed by atoms with Gasteiger partial charge in [-0.05, 0) is 31.8 Å². The van der Waals surface area contributed by atoms with Gasteiger partial charge < -0.3 is 9.64 Å². The Balaban J connectivity index is 2.38. The number of rotatable bonds is 2. The molecular weight excluding hydrogens is 204 g/mol. The van der Waals surface area contributed by atoms with Crippen LogP contribution in [-0.4, -0.2) is 49.8 Å². The molecule has 1 heterocycles. The average Bonchev–Trinajstić information content (AvgIpc) is 2.61. The lowest BCUT2D eigenvalue weighted by molar-refractivity contribution is 0.0666. The van der Waals surface area contributed by atoms with Crippen LogP contribution in [0.3, 0.4) is 0 Å². The lowest BCUT2D eigenvalue weighted by Gasteiger charge is -2.26. The topological polar surface area (TPSA) is 32.8 Å². The SMILES string of the molecule is CN(C)COC(=O)N1CCC(C(C)(C)C)C1. The van der Waals surface area contributed by atoms with Gasteiger partial charge in [0.05, 0.1) is 0 Å². The van der Waals surface area contributed by atoms with Gasteiger partial charge in [-0.3, -0.25) is 4.90 Å². The van der Waals surface area contributed by atoms with Gasteiger partial charge in [0, 0.05) is 13.1 Å². The average molecular weight is 228 g/mol. The van der Waals surface area contributed by atoms with Crippen molar-refractivity contribution in [1.82, 2.24) is 9.80 Å². The molecule has 1 unspecified atom stereocenters. The van der Waals surface area contributed by atoms with E-state index < -0.39 is 0 Å². The Labute approximate surface area is 98.5 Å². The van der Waals surface area contributed by atoms with Crippen LogP contribution in [0.5, 0.6) is 0 Å². The first kappa shape index (κ1) is 13.3. The highest BCUT2D eigenvalue weighted by Gasteiger charge is 2.34. The van der Waals surface area contributed by atoms with Gasteiger partial charge in [-0.15, -0.1) is 0 Å². The van der Waals surface area contributed by atoms with Crippen molar-refractivity contribution in [3.63, 3.8) is 0 Å². The second-order valence-electron chi connectivity index (χ2n) is 5.92. The van der Waals surface area contributed by atoms with Gasteiger partial charge in [0.15, 0.2) is 0 Å². The molecule has 0 bridgehead atoms. The minimum absolute atomic E-state index is 0.180. The molecule has 1 atom stereocenters. The van der Waals surface area contributed by atoms with Crippen molar-refractivity contribution in [3.05, 3.63) is 0 Å². The molecule has 0 aliphatic carbocycles. The third-order valence-electron chi connectivity index (χ3n) is 3.12. The molecule has 0 saturated carbocycles. The fourth-order valence-corrected chi connectivity index (χ4v) is 1.91. The lowest BCUT2D eigenvalue weighted by Crippen LogP contribution is -2.33. The molecule has 16 heavy (non-hydrogen) atoms. The van der Waals surface area contributed by atoms with E-state index in [2.05, 4.69) is 20.8 Å². The number of likely N-dealkylation sites (tertiary alicyclic amines) is 1. The Morgan fingerprint density at radius 1 is 1.44 bits per heavy atom. The highest BCUT2D eigenvalue weighted by atomic mass is 16.6. The first-order valence-electron chi connectivity index (χ1n) is 5.87. The van der Waals surface area contributed by atoms with Crippen molar-refractivity contribution in [2.24, 2.45) is 11.3 Å². The molecule has 1 aliphatic rings. The zero-order valence-electron chi connectivity index (χ0n) is 11.1. The summed E-state index contributed by atoms with van der Waals surface area (Å²) in [5.41, 5.74) is 0.274. The van der Waals surface area contributed by atoms with E-state index in [9.17, 15) is 4.79 Å². The Bertz CT molecular complexity index is 246. The van der Waals surface area contributed by atoms with E-state index in [1.807, 2.05) is 23.9 Å². The number of carbonyl (C=O) groups is 1. The van der Waals surface area contributed by atoms with Crippen molar-refractivity contribution in [2.75, 3.05) is 33.9 Å². The van der Waals surface area contributed by atoms with Crippen molar-refractivity contribution >= 4 is 6.09 Å². The second kappa shape index (κ2) is 5.04. The number of hydrogen-bond donors (Lipinski definition) is 0. The van der Waals surface area contributed by atoms with E-state index >= 15 is 0 Å². The van der Waals surface area contributed by atoms with Gasteiger partial charge in [-0.2, -0.15) is 0 Å². The summed E-state index contributed by atoms with van der Waals surface area (Å²) in [7, 11) is 3.77. The van der Waals surface area contributed by atoms with E-state index in [0.29, 0.717) is 12.6 Å². The molecule has 0 N–H and O–H groups in total. The normalized spacial score (nSPS) is 21.6. The fourth-order valence-electron chi connectivity index (χ4n) is 1.91. The van der Waals surface area contributed by atoms with Gasteiger partial charge in [-0.1, -0.05) is 20.8 Å². The minimum Gasteiger partial charge on any atom is -0.433 e. The van der Waals surface area contributed by atoms with Crippen LogP contribution < -0.4 is 0 Å². The summed E-state index contributed by atoms with van der Waals surface area (Å²) in [6.07, 6.45) is 0.904. The van der Waals surface area contributed by atoms with Crippen LogP contribution in [0.1, 0.15) is 27.2 Å².